The van der Waals surface area contributed by atoms with Crippen LogP contribution in [-0.4, -0.2) is 19.0 Å². The first-order valence-electron chi connectivity index (χ1n) is 8.64. The molecular weight excluding hydrogens is 348 g/mol. The molecule has 0 fully saturated rings. The van der Waals surface area contributed by atoms with Gasteiger partial charge in [0, 0.05) is 29.4 Å². The second-order valence-electron chi connectivity index (χ2n) is 6.32. The molecular formula is C21H19ClN2O2. The Bertz CT molecular complexity index is 908. The topological polar surface area (TPSA) is 45.5 Å². The molecule has 1 atom stereocenters. The van der Waals surface area contributed by atoms with E-state index < -0.39 is 0 Å². The normalized spacial score (nSPS) is 14.1. The number of nitrogens with zero attached hydrogens (tertiary/aromatic N) is 1. The first-order chi connectivity index (χ1) is 12.7. The molecule has 1 aliphatic rings. The molecule has 2 heterocycles. The fourth-order valence-corrected chi connectivity index (χ4v) is 3.64. The molecule has 26 heavy (non-hydrogen) atoms. The summed E-state index contributed by atoms with van der Waals surface area (Å²) in [4.78, 5) is 14.8. The Kier molecular flexibility index (Phi) is 4.67. The summed E-state index contributed by atoms with van der Waals surface area (Å²) < 4.78 is 5.67. The van der Waals surface area contributed by atoms with Gasteiger partial charge in [0.05, 0.1) is 6.26 Å². The van der Waals surface area contributed by atoms with Gasteiger partial charge in [0.25, 0.3) is 5.91 Å². The summed E-state index contributed by atoms with van der Waals surface area (Å²) in [5.74, 6) is 0.699. The van der Waals surface area contributed by atoms with Gasteiger partial charge >= 0.3 is 0 Å². The summed E-state index contributed by atoms with van der Waals surface area (Å²) >= 11 is 5.99. The molecule has 5 heteroatoms. The van der Waals surface area contributed by atoms with E-state index in [1.54, 1.807) is 30.5 Å². The van der Waals surface area contributed by atoms with Gasteiger partial charge in [-0.2, -0.15) is 0 Å². The van der Waals surface area contributed by atoms with Gasteiger partial charge < -0.3 is 14.6 Å². The van der Waals surface area contributed by atoms with Crippen molar-refractivity contribution in [2.75, 3.05) is 18.0 Å². The summed E-state index contributed by atoms with van der Waals surface area (Å²) in [6.45, 7) is 1.35. The fraction of sp³-hybridized carbons (Fsp3) is 0.190. The number of benzene rings is 2. The standard InChI is InChI=1S/C21H19ClN2O2/c22-17-7-3-6-16(13-17)21(25)23-14-19(20-9-4-12-26-20)24-11-10-15-5-1-2-8-18(15)24/h1-9,12-13,19H,10-11,14H2,(H,23,25)/t19-/m0/s1. The third kappa shape index (κ3) is 3.33. The number of amides is 1. The maximum atomic E-state index is 12.5. The minimum absolute atomic E-state index is 0.0585. The highest BCUT2D eigenvalue weighted by Crippen LogP contribution is 2.35. The Morgan fingerprint density at radius 2 is 2.04 bits per heavy atom. The SMILES string of the molecule is O=C(NC[C@@H](c1ccco1)N1CCc2ccccc21)c1cccc(Cl)c1. The van der Waals surface area contributed by atoms with Crippen LogP contribution < -0.4 is 10.2 Å². The molecule has 0 bridgehead atoms. The Morgan fingerprint density at radius 1 is 1.15 bits per heavy atom. The van der Waals surface area contributed by atoms with Crippen molar-refractivity contribution in [2.45, 2.75) is 12.5 Å². The van der Waals surface area contributed by atoms with E-state index in [2.05, 4.69) is 28.4 Å². The molecule has 3 aromatic rings. The van der Waals surface area contributed by atoms with Crippen LogP contribution in [0.5, 0.6) is 0 Å². The third-order valence-corrected chi connectivity index (χ3v) is 4.95. The Labute approximate surface area is 157 Å². The summed E-state index contributed by atoms with van der Waals surface area (Å²) in [6, 6.07) is 19.1. The Balaban J connectivity index is 1.55. The van der Waals surface area contributed by atoms with Gasteiger partial charge in [-0.1, -0.05) is 35.9 Å². The highest BCUT2D eigenvalue weighted by molar-refractivity contribution is 6.30. The van der Waals surface area contributed by atoms with Crippen LogP contribution in [0.1, 0.15) is 27.7 Å². The first-order valence-corrected chi connectivity index (χ1v) is 9.02. The number of hydrogen-bond acceptors (Lipinski definition) is 3. The summed E-state index contributed by atoms with van der Waals surface area (Å²) in [7, 11) is 0. The van der Waals surface area contributed by atoms with E-state index in [-0.39, 0.29) is 11.9 Å². The van der Waals surface area contributed by atoms with E-state index in [4.69, 9.17) is 16.0 Å². The lowest BCUT2D eigenvalue weighted by Crippen LogP contribution is -2.37. The predicted octanol–water partition coefficient (Wildman–Crippen LogP) is 4.47. The van der Waals surface area contributed by atoms with E-state index >= 15 is 0 Å². The second kappa shape index (κ2) is 7.26. The third-order valence-electron chi connectivity index (χ3n) is 4.71. The number of para-hydroxylation sites is 1. The molecule has 1 aliphatic heterocycles. The number of nitrogens with one attached hydrogen (secondary N) is 1. The summed E-state index contributed by atoms with van der Waals surface area (Å²) in [5, 5.41) is 3.57. The molecule has 0 radical (unpaired) electrons. The lowest BCUT2D eigenvalue weighted by Gasteiger charge is -2.29. The molecule has 0 spiro atoms. The first kappa shape index (κ1) is 16.7. The Hall–Kier alpha value is -2.72. The molecule has 4 nitrogen and oxygen atoms in total. The lowest BCUT2D eigenvalue weighted by atomic mass is 10.1. The number of furan rings is 1. The maximum absolute atomic E-state index is 12.5. The molecule has 0 saturated carbocycles. The van der Waals surface area contributed by atoms with Crippen LogP contribution in [0.4, 0.5) is 5.69 Å². The molecule has 132 valence electrons. The predicted molar refractivity (Wildman–Crippen MR) is 103 cm³/mol. The zero-order valence-corrected chi connectivity index (χ0v) is 14.9. The van der Waals surface area contributed by atoms with Gasteiger partial charge in [0.15, 0.2) is 0 Å². The zero-order chi connectivity index (χ0) is 17.9. The van der Waals surface area contributed by atoms with Crippen molar-refractivity contribution < 1.29 is 9.21 Å². The number of halogens is 1. The summed E-state index contributed by atoms with van der Waals surface area (Å²) in [5.41, 5.74) is 3.08. The van der Waals surface area contributed by atoms with Crippen molar-refractivity contribution >= 4 is 23.2 Å². The van der Waals surface area contributed by atoms with Crippen LogP contribution in [0.25, 0.3) is 0 Å². The van der Waals surface area contributed by atoms with Crippen LogP contribution in [0.2, 0.25) is 5.02 Å². The van der Waals surface area contributed by atoms with E-state index in [1.807, 2.05) is 18.2 Å². The summed E-state index contributed by atoms with van der Waals surface area (Å²) in [6.07, 6.45) is 2.67. The number of hydrogen-bond donors (Lipinski definition) is 1. The van der Waals surface area contributed by atoms with Crippen molar-refractivity contribution in [2.24, 2.45) is 0 Å². The fourth-order valence-electron chi connectivity index (χ4n) is 3.45. The van der Waals surface area contributed by atoms with Crippen LogP contribution in [-0.2, 0) is 6.42 Å². The quantitative estimate of drug-likeness (QED) is 0.724. The number of carbonyl (C=O) groups is 1. The largest absolute Gasteiger partial charge is 0.467 e. The van der Waals surface area contributed by atoms with Crippen LogP contribution in [0.3, 0.4) is 0 Å². The van der Waals surface area contributed by atoms with Crippen LogP contribution in [0.15, 0.2) is 71.3 Å². The van der Waals surface area contributed by atoms with Crippen molar-refractivity contribution in [1.82, 2.24) is 5.32 Å². The smallest absolute Gasteiger partial charge is 0.251 e. The molecule has 1 aromatic heterocycles. The van der Waals surface area contributed by atoms with Gasteiger partial charge in [0.2, 0.25) is 0 Å². The average Bonchev–Trinajstić information content (AvgIpc) is 3.32. The molecule has 2 aromatic carbocycles. The van der Waals surface area contributed by atoms with Gasteiger partial charge in [-0.25, -0.2) is 0 Å². The number of rotatable bonds is 5. The van der Waals surface area contributed by atoms with E-state index in [9.17, 15) is 4.79 Å². The van der Waals surface area contributed by atoms with Crippen LogP contribution in [0, 0.1) is 0 Å². The highest BCUT2D eigenvalue weighted by Gasteiger charge is 2.29. The number of carbonyl (C=O) groups excluding carboxylic acids is 1. The van der Waals surface area contributed by atoms with E-state index in [0.717, 1.165) is 18.7 Å². The minimum atomic E-state index is -0.142. The van der Waals surface area contributed by atoms with Crippen molar-refractivity contribution in [3.05, 3.63) is 88.8 Å². The number of anilines is 1. The lowest BCUT2D eigenvalue weighted by molar-refractivity contribution is 0.0950. The van der Waals surface area contributed by atoms with Gasteiger partial charge in [0.1, 0.15) is 11.8 Å². The van der Waals surface area contributed by atoms with E-state index in [0.29, 0.717) is 17.1 Å². The molecule has 0 aliphatic carbocycles. The van der Waals surface area contributed by atoms with Gasteiger partial charge in [-0.15, -0.1) is 0 Å². The second-order valence-corrected chi connectivity index (χ2v) is 6.76. The average molecular weight is 367 g/mol. The molecule has 0 unspecified atom stereocenters. The van der Waals surface area contributed by atoms with Gasteiger partial charge in [-0.3, -0.25) is 4.79 Å². The highest BCUT2D eigenvalue weighted by atomic mass is 35.5. The molecule has 4 rings (SSSR count). The monoisotopic (exact) mass is 366 g/mol. The number of fused-ring (bicyclic) bond motifs is 1. The minimum Gasteiger partial charge on any atom is -0.467 e. The maximum Gasteiger partial charge on any atom is 0.251 e. The van der Waals surface area contributed by atoms with Crippen molar-refractivity contribution in [3.63, 3.8) is 0 Å². The van der Waals surface area contributed by atoms with Crippen molar-refractivity contribution in [1.29, 1.82) is 0 Å². The zero-order valence-electron chi connectivity index (χ0n) is 14.2. The van der Waals surface area contributed by atoms with Gasteiger partial charge in [-0.05, 0) is 48.4 Å². The Morgan fingerprint density at radius 3 is 2.85 bits per heavy atom. The van der Waals surface area contributed by atoms with Crippen LogP contribution >= 0.6 is 11.6 Å². The molecule has 0 saturated heterocycles. The molecule has 1 N–H and O–H groups in total. The van der Waals surface area contributed by atoms with E-state index in [1.165, 1.54) is 11.3 Å². The van der Waals surface area contributed by atoms with Crippen molar-refractivity contribution in [3.8, 4) is 0 Å². The molecule has 1 amide bonds.